The Hall–Kier alpha value is -5.71. The Kier molecular flexibility index (Phi) is 13.9. The molecule has 5 rings (SSSR count). The molecule has 4 aromatic rings. The zero-order valence-corrected chi connectivity index (χ0v) is 31.4. The van der Waals surface area contributed by atoms with Crippen molar-refractivity contribution in [2.24, 2.45) is 0 Å². The van der Waals surface area contributed by atoms with Crippen LogP contribution in [-0.2, 0) is 4.79 Å². The van der Waals surface area contributed by atoms with Crippen molar-refractivity contribution in [3.05, 3.63) is 94.6 Å². The first-order valence-electron chi connectivity index (χ1n) is 17.4. The molecule has 15 nitrogen and oxygen atoms in total. The molecule has 0 aliphatic carbocycles. The van der Waals surface area contributed by atoms with Crippen molar-refractivity contribution in [1.82, 2.24) is 0 Å². The Labute approximate surface area is 323 Å². The zero-order valence-electron chi connectivity index (χ0n) is 31.4. The van der Waals surface area contributed by atoms with Gasteiger partial charge in [0.2, 0.25) is 5.75 Å². The van der Waals surface area contributed by atoms with Gasteiger partial charge in [-0.25, -0.2) is 0 Å². The number of aliphatic hydroxyl groups excluding tert-OH is 5. The smallest absolute Gasteiger partial charge is 0.204 e. The van der Waals surface area contributed by atoms with E-state index in [0.717, 1.165) is 0 Å². The molecule has 0 fully saturated rings. The Morgan fingerprint density at radius 1 is 0.679 bits per heavy atom. The minimum absolute atomic E-state index is 0.0735. The van der Waals surface area contributed by atoms with Crippen LogP contribution in [0, 0.1) is 0 Å². The molecule has 1 aliphatic heterocycles. The van der Waals surface area contributed by atoms with E-state index >= 15 is 0 Å². The van der Waals surface area contributed by atoms with Crippen LogP contribution in [-0.4, -0.2) is 105 Å². The van der Waals surface area contributed by atoms with Gasteiger partial charge in [0.05, 0.1) is 61.3 Å². The molecule has 6 N–H and O–H groups in total. The number of aromatic hydroxyl groups is 1. The van der Waals surface area contributed by atoms with Crippen molar-refractivity contribution >= 4 is 12.4 Å². The lowest BCUT2D eigenvalue weighted by molar-refractivity contribution is -0.104. The molecule has 0 amide bonds. The third-order valence-corrected chi connectivity index (χ3v) is 9.40. The van der Waals surface area contributed by atoms with Gasteiger partial charge in [0.1, 0.15) is 24.6 Å². The molecule has 56 heavy (non-hydrogen) atoms. The predicted octanol–water partition coefficient (Wildman–Crippen LogP) is 3.80. The van der Waals surface area contributed by atoms with Gasteiger partial charge in [-0.2, -0.15) is 0 Å². The van der Waals surface area contributed by atoms with E-state index in [4.69, 9.17) is 37.9 Å². The molecule has 15 heteroatoms. The Morgan fingerprint density at radius 3 is 1.80 bits per heavy atom. The zero-order chi connectivity index (χ0) is 40.5. The molecule has 0 spiro atoms. The average molecular weight is 779 g/mol. The van der Waals surface area contributed by atoms with E-state index in [1.165, 1.54) is 78.0 Å². The molecular weight excluding hydrogens is 732 g/mol. The van der Waals surface area contributed by atoms with Crippen molar-refractivity contribution in [3.8, 4) is 51.7 Å². The van der Waals surface area contributed by atoms with Crippen LogP contribution >= 0.6 is 0 Å². The fourth-order valence-corrected chi connectivity index (χ4v) is 6.48. The quantitative estimate of drug-likeness (QED) is 0.0591. The minimum Gasteiger partial charge on any atom is -0.504 e. The van der Waals surface area contributed by atoms with Crippen molar-refractivity contribution < 1.29 is 73.3 Å². The van der Waals surface area contributed by atoms with E-state index < -0.39 is 49.7 Å². The molecule has 0 radical (unpaired) electrons. The Balaban J connectivity index is 1.39. The van der Waals surface area contributed by atoms with Gasteiger partial charge in [-0.15, -0.1) is 0 Å². The molecule has 1 heterocycles. The van der Waals surface area contributed by atoms with Crippen LogP contribution < -0.4 is 37.9 Å². The number of rotatable bonds is 19. The van der Waals surface area contributed by atoms with Crippen LogP contribution in [0.2, 0.25) is 0 Å². The van der Waals surface area contributed by atoms with E-state index in [1.54, 1.807) is 24.3 Å². The van der Waals surface area contributed by atoms with E-state index in [2.05, 4.69) is 0 Å². The average Bonchev–Trinajstić information content (AvgIpc) is 3.61. The van der Waals surface area contributed by atoms with Crippen molar-refractivity contribution in [1.29, 1.82) is 0 Å². The molecule has 0 aromatic heterocycles. The monoisotopic (exact) mass is 778 g/mol. The molecular formula is C41H46O15. The number of aliphatic hydroxyl groups is 5. The third kappa shape index (κ3) is 8.56. The predicted molar refractivity (Wildman–Crippen MR) is 201 cm³/mol. The number of benzene rings is 4. The highest BCUT2D eigenvalue weighted by Crippen LogP contribution is 2.53. The van der Waals surface area contributed by atoms with Gasteiger partial charge in [-0.3, -0.25) is 4.79 Å². The number of phenols is 1. The number of carbonyl (C=O) groups excluding carboxylic acids is 1. The summed E-state index contributed by atoms with van der Waals surface area (Å²) >= 11 is 0. The largest absolute Gasteiger partial charge is 0.504 e. The topological polar surface area (TPSA) is 212 Å². The molecule has 0 saturated carbocycles. The van der Waals surface area contributed by atoms with E-state index in [1.807, 2.05) is 6.07 Å². The number of allylic oxidation sites excluding steroid dienone is 1. The first kappa shape index (κ1) is 41.5. The normalized spacial score (nSPS) is 16.9. The molecule has 4 aromatic carbocycles. The van der Waals surface area contributed by atoms with Crippen LogP contribution in [0.15, 0.2) is 66.7 Å². The lowest BCUT2D eigenvalue weighted by atomic mass is 9.90. The van der Waals surface area contributed by atoms with Crippen LogP contribution in [0.4, 0.5) is 0 Å². The molecule has 0 unspecified atom stereocenters. The van der Waals surface area contributed by atoms with Crippen molar-refractivity contribution in [2.75, 3.05) is 55.4 Å². The third-order valence-electron chi connectivity index (χ3n) is 9.40. The van der Waals surface area contributed by atoms with Crippen LogP contribution in [0.1, 0.15) is 52.0 Å². The maximum Gasteiger partial charge on any atom is 0.204 e. The van der Waals surface area contributed by atoms with Crippen molar-refractivity contribution in [2.45, 2.75) is 36.4 Å². The summed E-state index contributed by atoms with van der Waals surface area (Å²) in [5.41, 5.74) is 2.51. The number of methoxy groups -OCH3 is 5. The summed E-state index contributed by atoms with van der Waals surface area (Å²) in [5.74, 6) is 1.06. The summed E-state index contributed by atoms with van der Waals surface area (Å²) in [5, 5.41) is 63.4. The molecule has 6 atom stereocenters. The summed E-state index contributed by atoms with van der Waals surface area (Å²) in [6.45, 7) is -1.51. The van der Waals surface area contributed by atoms with Gasteiger partial charge in [-0.05, 0) is 71.3 Å². The minimum atomic E-state index is -1.43. The SMILES string of the molecule is COc1cc([C@H](O)[C@@H](CO)Oc2ccc([C@@H](O)[C@H](CO)Oc3c(OC)cc([C@@H]4Oc5c(OC)cc(/C=C/C=O)cc5[C@H]4CO)cc3OC)cc2OC)ccc1O. The number of carbonyl (C=O) groups is 1. The van der Waals surface area contributed by atoms with Crippen LogP contribution in [0.3, 0.4) is 0 Å². The molecule has 300 valence electrons. The lowest BCUT2D eigenvalue weighted by Crippen LogP contribution is -2.30. The number of aldehydes is 1. The van der Waals surface area contributed by atoms with Crippen molar-refractivity contribution in [3.63, 3.8) is 0 Å². The maximum absolute atomic E-state index is 11.5. The lowest BCUT2D eigenvalue weighted by Gasteiger charge is -2.27. The molecule has 0 bridgehead atoms. The second-order valence-corrected chi connectivity index (χ2v) is 12.6. The molecule has 0 saturated heterocycles. The van der Waals surface area contributed by atoms with Crippen LogP contribution in [0.5, 0.6) is 51.7 Å². The van der Waals surface area contributed by atoms with Gasteiger partial charge in [-0.1, -0.05) is 18.2 Å². The van der Waals surface area contributed by atoms with Crippen LogP contribution in [0.25, 0.3) is 6.08 Å². The summed E-state index contributed by atoms with van der Waals surface area (Å²) in [6.07, 6.45) is -2.25. The van der Waals surface area contributed by atoms with Gasteiger partial charge < -0.3 is 68.5 Å². The molecule has 1 aliphatic rings. The van der Waals surface area contributed by atoms with Gasteiger partial charge >= 0.3 is 0 Å². The number of phenolic OH excluding ortho intramolecular Hbond substituents is 1. The van der Waals surface area contributed by atoms with Gasteiger partial charge in [0.15, 0.2) is 58.2 Å². The first-order chi connectivity index (χ1) is 27.1. The van der Waals surface area contributed by atoms with Gasteiger partial charge in [0.25, 0.3) is 0 Å². The number of hydrogen-bond acceptors (Lipinski definition) is 15. The summed E-state index contributed by atoms with van der Waals surface area (Å²) < 4.78 is 46.1. The Morgan fingerprint density at radius 2 is 1.25 bits per heavy atom. The fourth-order valence-electron chi connectivity index (χ4n) is 6.48. The van der Waals surface area contributed by atoms with E-state index in [-0.39, 0.29) is 52.4 Å². The summed E-state index contributed by atoms with van der Waals surface area (Å²) in [4.78, 5) is 10.9. The van der Waals surface area contributed by atoms with Gasteiger partial charge in [0, 0.05) is 11.1 Å². The van der Waals surface area contributed by atoms with E-state index in [0.29, 0.717) is 40.0 Å². The summed E-state index contributed by atoms with van der Waals surface area (Å²) in [6, 6.07) is 15.5. The number of fused-ring (bicyclic) bond motifs is 1. The second kappa shape index (κ2) is 18.8. The second-order valence-electron chi connectivity index (χ2n) is 12.6. The first-order valence-corrected chi connectivity index (χ1v) is 17.4. The highest BCUT2D eigenvalue weighted by molar-refractivity contribution is 5.75. The Bertz CT molecular complexity index is 1970. The number of ether oxygens (including phenoxy) is 8. The summed E-state index contributed by atoms with van der Waals surface area (Å²) in [7, 11) is 7.06. The standard InChI is InChI=1S/C41H46O15/c1-49-30-15-23(8-10-28(30)46)37(47)35(20-44)54-29-11-9-24(16-31(29)50-2)38(48)36(21-45)55-41-33(52-4)17-25(18-34(41)53-5)39-27(19-43)26-13-22(7-6-12-42)14-32(51-3)40(26)56-39/h6-18,27,35-39,43-48H,19-21H2,1-5H3/b7-6+/t27-,35-,36+,37+,38-,39+/m1/s1. The highest BCUT2D eigenvalue weighted by atomic mass is 16.6. The number of hydrogen-bond donors (Lipinski definition) is 6. The maximum atomic E-state index is 11.5. The highest BCUT2D eigenvalue weighted by Gasteiger charge is 2.39. The van der Waals surface area contributed by atoms with E-state index in [9.17, 15) is 35.4 Å². The fraction of sp³-hybridized carbons (Fsp3) is 0.341.